The molecule has 0 aromatic carbocycles. The van der Waals surface area contributed by atoms with Gasteiger partial charge in [-0.1, -0.05) is 130 Å². The largest absolute Gasteiger partial charge is 0.472 e. The van der Waals surface area contributed by atoms with Crippen LogP contribution in [0.2, 0.25) is 0 Å². The first-order chi connectivity index (χ1) is 31.3. The van der Waals surface area contributed by atoms with Crippen LogP contribution in [0.5, 0.6) is 0 Å². The minimum Gasteiger partial charge on any atom is -0.472 e. The van der Waals surface area contributed by atoms with Crippen LogP contribution in [0.15, 0.2) is 73.1 Å². The van der Waals surface area contributed by atoms with Gasteiger partial charge in [0.2, 0.25) is 18.1 Å². The summed E-state index contributed by atoms with van der Waals surface area (Å²) in [7, 11) is 0. The van der Waals surface area contributed by atoms with Crippen LogP contribution in [0.3, 0.4) is 0 Å². The van der Waals surface area contributed by atoms with Crippen LogP contribution in [-0.4, -0.2) is 118 Å². The number of amides is 2. The average molecular weight is 927 g/mol. The maximum atomic E-state index is 13.2. The molecule has 66 heavy (non-hydrogen) atoms. The summed E-state index contributed by atoms with van der Waals surface area (Å²) in [6, 6.07) is -1.22. The zero-order valence-corrected chi connectivity index (χ0v) is 43.4. The Morgan fingerprint density at radius 1 is 0.530 bits per heavy atom. The molecule has 1 heterocycles. The summed E-state index contributed by atoms with van der Waals surface area (Å²) in [5.41, 5.74) is 0. The number of nitrogens with zero attached hydrogens (tertiary/aromatic N) is 2. The van der Waals surface area contributed by atoms with Crippen molar-refractivity contribution < 1.29 is 34.8 Å². The minimum atomic E-state index is -1.04. The van der Waals surface area contributed by atoms with Gasteiger partial charge in [-0.2, -0.15) is 0 Å². The first kappa shape index (κ1) is 61.0. The van der Waals surface area contributed by atoms with Gasteiger partial charge in [0.05, 0.1) is 31.1 Å². The van der Waals surface area contributed by atoms with Crippen molar-refractivity contribution in [1.29, 1.82) is 0 Å². The van der Waals surface area contributed by atoms with Crippen LogP contribution >= 0.6 is 0 Å². The van der Waals surface area contributed by atoms with Crippen molar-refractivity contribution in [3.05, 3.63) is 73.1 Å². The Labute approximate surface area is 403 Å². The summed E-state index contributed by atoms with van der Waals surface area (Å²) in [5.74, 6) is 2.41. The second-order valence-electron chi connectivity index (χ2n) is 20.6. The quantitative estimate of drug-likeness (QED) is 0.0155. The first-order valence-electron chi connectivity index (χ1n) is 25.7. The van der Waals surface area contributed by atoms with Crippen molar-refractivity contribution >= 4 is 11.8 Å². The molecule has 10 unspecified atom stereocenters. The zero-order chi connectivity index (χ0) is 49.4. The predicted molar refractivity (Wildman–Crippen MR) is 274 cm³/mol. The highest BCUT2D eigenvalue weighted by molar-refractivity contribution is 5.96. The molecule has 0 saturated carbocycles. The fraction of sp³-hybridized carbons (Fsp3) is 0.745. The van der Waals surface area contributed by atoms with Crippen molar-refractivity contribution in [1.82, 2.24) is 20.4 Å². The van der Waals surface area contributed by atoms with Gasteiger partial charge in [0.1, 0.15) is 12.1 Å². The molecule has 0 bridgehead atoms. The molecule has 0 aromatic rings. The molecule has 11 nitrogen and oxygen atoms in total. The number of piperazine rings is 1. The number of carbonyl (C=O) groups excluding carboxylic acids is 2. The molecule has 10 atom stereocenters. The molecule has 0 radical (unpaired) electrons. The van der Waals surface area contributed by atoms with Gasteiger partial charge in [-0.15, -0.1) is 0 Å². The molecule has 11 heteroatoms. The van der Waals surface area contributed by atoms with Crippen LogP contribution in [0.1, 0.15) is 147 Å². The number of carbonyl (C=O) groups is 2. The predicted octanol–water partition coefficient (Wildman–Crippen LogP) is 9.11. The molecule has 1 aliphatic heterocycles. The summed E-state index contributed by atoms with van der Waals surface area (Å²) in [4.78, 5) is 30.4. The third-order valence-electron chi connectivity index (χ3n) is 11.9. The lowest BCUT2D eigenvalue weighted by Gasteiger charge is -2.31. The number of nitrogens with one attached hydrogen (secondary N) is 2. The number of unbranched alkanes of at least 4 members (excludes halogenated alkanes) is 2. The van der Waals surface area contributed by atoms with Crippen LogP contribution in [0, 0.1) is 41.4 Å². The molecule has 1 aliphatic rings. The second kappa shape index (κ2) is 36.0. The lowest BCUT2D eigenvalue weighted by molar-refractivity contribution is -0.137. The number of ether oxygens (including phenoxy) is 1. The van der Waals surface area contributed by atoms with E-state index in [0.29, 0.717) is 94.4 Å². The molecule has 0 aromatic heterocycles. The SMILES string of the molecule is CC(C)/C=C\C/C=C\C(C)C(O)CN(CCCCC1NC(=O)C(CCCCN(CC(C)O)CC(O)O/C=C\C/C=C\C(C)CC(C)C)NC1=O)CC(O)C(C)/C=C\C/C=C\C(C)CC(C)C. The number of hydrogen-bond acceptors (Lipinski definition) is 9. The van der Waals surface area contributed by atoms with E-state index in [9.17, 15) is 30.0 Å². The highest BCUT2D eigenvalue weighted by Crippen LogP contribution is 2.17. The highest BCUT2D eigenvalue weighted by atomic mass is 16.6. The van der Waals surface area contributed by atoms with Gasteiger partial charge in [0, 0.05) is 31.5 Å². The summed E-state index contributed by atoms with van der Waals surface area (Å²) in [6.07, 6.45) is 30.5. The van der Waals surface area contributed by atoms with E-state index in [4.69, 9.17) is 4.74 Å². The van der Waals surface area contributed by atoms with Crippen molar-refractivity contribution in [3.8, 4) is 0 Å². The molecule has 380 valence electrons. The van der Waals surface area contributed by atoms with Gasteiger partial charge in [0.15, 0.2) is 0 Å². The number of aliphatic hydroxyl groups excluding tert-OH is 4. The standard InChI is InChI=1S/C55H98N4O7/c1-41(2)25-15-12-18-28-46(9)51(61)38-59(39-52(62)47(10)29-19-13-16-26-44(7)35-42(3)4)33-23-21-31-50-55(65)56-49(54(64)57-50)30-20-22-32-58(37-48(11)60)40-53(63)66-34-24-14-17-27-45(8)36-43(5)6/h15-19,24-29,34,41-53,60-63H,12-14,20-23,30-33,35-40H2,1-11H3,(H,56,65)(H,57,64)/b25-15-,26-16-,27-17-,28-18-,29-19-,34-24-. The fourth-order valence-electron chi connectivity index (χ4n) is 8.36. The van der Waals surface area contributed by atoms with Crippen LogP contribution < -0.4 is 10.6 Å². The van der Waals surface area contributed by atoms with Crippen molar-refractivity contribution in [2.75, 3.05) is 39.3 Å². The maximum absolute atomic E-state index is 13.2. The smallest absolute Gasteiger partial charge is 0.243 e. The van der Waals surface area contributed by atoms with Gasteiger partial charge in [0.25, 0.3) is 0 Å². The summed E-state index contributed by atoms with van der Waals surface area (Å²) in [5, 5.41) is 49.0. The molecule has 1 saturated heterocycles. The third-order valence-corrected chi connectivity index (χ3v) is 11.9. The fourth-order valence-corrected chi connectivity index (χ4v) is 8.36. The van der Waals surface area contributed by atoms with Crippen molar-refractivity contribution in [3.63, 3.8) is 0 Å². The lowest BCUT2D eigenvalue weighted by Crippen LogP contribution is -2.61. The average Bonchev–Trinajstić information content (AvgIpc) is 3.22. The summed E-state index contributed by atoms with van der Waals surface area (Å²) in [6.45, 7) is 26.1. The van der Waals surface area contributed by atoms with E-state index < -0.39 is 36.7 Å². The van der Waals surface area contributed by atoms with Gasteiger partial charge in [-0.25, -0.2) is 0 Å². The molecule has 0 spiro atoms. The molecule has 2 amide bonds. The molecule has 6 N–H and O–H groups in total. The van der Waals surface area contributed by atoms with Gasteiger partial charge >= 0.3 is 0 Å². The van der Waals surface area contributed by atoms with E-state index in [0.717, 1.165) is 38.5 Å². The Balaban J connectivity index is 2.69. The second-order valence-corrected chi connectivity index (χ2v) is 20.6. The molecular formula is C55H98N4O7. The first-order valence-corrected chi connectivity index (χ1v) is 25.7. The zero-order valence-electron chi connectivity index (χ0n) is 43.4. The number of allylic oxidation sites excluding steroid dienone is 9. The van der Waals surface area contributed by atoms with E-state index in [1.54, 1.807) is 6.92 Å². The van der Waals surface area contributed by atoms with Gasteiger partial charge in [-0.3, -0.25) is 19.4 Å². The summed E-state index contributed by atoms with van der Waals surface area (Å²) >= 11 is 0. The van der Waals surface area contributed by atoms with Gasteiger partial charge in [-0.05, 0) is 126 Å². The Hall–Kier alpha value is -3.06. The molecule has 1 rings (SSSR count). The van der Waals surface area contributed by atoms with E-state index in [2.05, 4.69) is 132 Å². The lowest BCUT2D eigenvalue weighted by atomic mass is 9.98. The van der Waals surface area contributed by atoms with E-state index in [1.807, 2.05) is 24.8 Å². The topological polar surface area (TPSA) is 155 Å². The summed E-state index contributed by atoms with van der Waals surface area (Å²) < 4.78 is 5.50. The third kappa shape index (κ3) is 31.1. The van der Waals surface area contributed by atoms with Crippen molar-refractivity contribution in [2.45, 2.75) is 183 Å². The number of rotatable bonds is 37. The van der Waals surface area contributed by atoms with Crippen LogP contribution in [0.25, 0.3) is 0 Å². The number of aliphatic hydroxyl groups is 4. The molecular weight excluding hydrogens is 829 g/mol. The molecule has 1 fully saturated rings. The van der Waals surface area contributed by atoms with Gasteiger partial charge < -0.3 is 35.8 Å². The Kier molecular flexibility index (Phi) is 33.2. The maximum Gasteiger partial charge on any atom is 0.243 e. The number of hydrogen-bond donors (Lipinski definition) is 6. The van der Waals surface area contributed by atoms with Crippen molar-refractivity contribution in [2.24, 2.45) is 41.4 Å². The minimum absolute atomic E-state index is 0.0575. The Morgan fingerprint density at radius 2 is 0.939 bits per heavy atom. The van der Waals surface area contributed by atoms with E-state index in [1.165, 1.54) is 6.26 Å². The van der Waals surface area contributed by atoms with Crippen LogP contribution in [-0.2, 0) is 14.3 Å². The van der Waals surface area contributed by atoms with Crippen LogP contribution in [0.4, 0.5) is 0 Å². The Bertz CT molecular complexity index is 1460. The molecule has 0 aliphatic carbocycles. The Morgan fingerprint density at radius 3 is 1.36 bits per heavy atom. The monoisotopic (exact) mass is 927 g/mol. The van der Waals surface area contributed by atoms with E-state index in [-0.39, 0.29) is 30.2 Å². The normalized spacial score (nSPS) is 20.3. The highest BCUT2D eigenvalue weighted by Gasteiger charge is 2.33. The van der Waals surface area contributed by atoms with E-state index >= 15 is 0 Å².